The van der Waals surface area contributed by atoms with Crippen LogP contribution < -0.4 is 4.74 Å². The molecule has 0 aliphatic heterocycles. The Labute approximate surface area is 122 Å². The summed E-state index contributed by atoms with van der Waals surface area (Å²) in [6, 6.07) is 11.0. The number of ether oxygens (including phenoxy) is 2. The third kappa shape index (κ3) is 3.93. The van der Waals surface area contributed by atoms with Gasteiger partial charge in [-0.05, 0) is 30.2 Å². The van der Waals surface area contributed by atoms with Gasteiger partial charge in [-0.3, -0.25) is 0 Å². The van der Waals surface area contributed by atoms with Crippen LogP contribution >= 0.6 is 11.6 Å². The predicted octanol–water partition coefficient (Wildman–Crippen LogP) is 3.21. The Morgan fingerprint density at radius 2 is 1.90 bits per heavy atom. The van der Waals surface area contributed by atoms with Crippen molar-refractivity contribution in [3.8, 4) is 11.6 Å². The van der Waals surface area contributed by atoms with Gasteiger partial charge in [-0.2, -0.15) is 0 Å². The molecule has 0 atom stereocenters. The van der Waals surface area contributed by atoms with Gasteiger partial charge in [-0.15, -0.1) is 0 Å². The fraction of sp³-hybridized carbons (Fsp3) is 0.267. The molecule has 1 aromatic carbocycles. The summed E-state index contributed by atoms with van der Waals surface area (Å²) in [5, 5.41) is 9.54. The minimum absolute atomic E-state index is 0.216. The average molecular weight is 294 g/mol. The van der Waals surface area contributed by atoms with Gasteiger partial charge in [0.05, 0.1) is 23.9 Å². The molecule has 1 N–H and O–H groups in total. The molecule has 0 spiro atoms. The molecule has 2 rings (SSSR count). The molecule has 1 aromatic heterocycles. The number of methoxy groups -OCH3 is 1. The van der Waals surface area contributed by atoms with Gasteiger partial charge in [0.25, 0.3) is 0 Å². The molecule has 4 nitrogen and oxygen atoms in total. The van der Waals surface area contributed by atoms with Crippen LogP contribution in [0.25, 0.3) is 0 Å². The second-order valence-electron chi connectivity index (χ2n) is 4.22. The van der Waals surface area contributed by atoms with E-state index in [1.54, 1.807) is 19.2 Å². The molecule has 0 aliphatic rings. The fourth-order valence-corrected chi connectivity index (χ4v) is 1.86. The van der Waals surface area contributed by atoms with Crippen molar-refractivity contribution in [3.05, 3.63) is 52.7 Å². The zero-order chi connectivity index (χ0) is 14.4. The number of aliphatic hydroxyl groups excluding tert-OH is 1. The van der Waals surface area contributed by atoms with E-state index < -0.39 is 0 Å². The highest BCUT2D eigenvalue weighted by Crippen LogP contribution is 2.23. The normalized spacial score (nSPS) is 10.6. The number of rotatable bonds is 6. The van der Waals surface area contributed by atoms with Crippen LogP contribution in [0, 0.1) is 0 Å². The van der Waals surface area contributed by atoms with Crippen molar-refractivity contribution < 1.29 is 14.6 Å². The van der Waals surface area contributed by atoms with Crippen LogP contribution in [0.1, 0.15) is 11.3 Å². The number of nitrogens with zero attached hydrogens (tertiary/aromatic N) is 1. The molecule has 0 fully saturated rings. The Morgan fingerprint density at radius 1 is 1.15 bits per heavy atom. The molecule has 2 aromatic rings. The van der Waals surface area contributed by atoms with Gasteiger partial charge in [0.2, 0.25) is 5.88 Å². The van der Waals surface area contributed by atoms with E-state index in [-0.39, 0.29) is 6.61 Å². The molecule has 0 amide bonds. The zero-order valence-electron chi connectivity index (χ0n) is 11.2. The molecule has 0 radical (unpaired) electrons. The van der Waals surface area contributed by atoms with Crippen molar-refractivity contribution in [1.82, 2.24) is 4.98 Å². The molecule has 20 heavy (non-hydrogen) atoms. The summed E-state index contributed by atoms with van der Waals surface area (Å²) in [6.45, 7) is 0.477. The first-order valence-corrected chi connectivity index (χ1v) is 6.62. The van der Waals surface area contributed by atoms with E-state index in [0.29, 0.717) is 29.0 Å². The van der Waals surface area contributed by atoms with E-state index in [2.05, 4.69) is 4.98 Å². The maximum atomic E-state index is 9.11. The van der Waals surface area contributed by atoms with Crippen molar-refractivity contribution in [2.45, 2.75) is 13.0 Å². The Hall–Kier alpha value is -1.62. The number of benzene rings is 1. The van der Waals surface area contributed by atoms with E-state index in [9.17, 15) is 0 Å². The van der Waals surface area contributed by atoms with Gasteiger partial charge < -0.3 is 14.6 Å². The summed E-state index contributed by atoms with van der Waals surface area (Å²) < 4.78 is 10.7. The largest absolute Gasteiger partial charge is 0.439 e. The average Bonchev–Trinajstić information content (AvgIpc) is 2.48. The topological polar surface area (TPSA) is 51.6 Å². The third-order valence-electron chi connectivity index (χ3n) is 2.78. The van der Waals surface area contributed by atoms with Gasteiger partial charge in [0.1, 0.15) is 5.75 Å². The molecular weight excluding hydrogens is 278 g/mol. The molecule has 0 saturated heterocycles. The van der Waals surface area contributed by atoms with Crippen molar-refractivity contribution in [2.24, 2.45) is 0 Å². The highest BCUT2D eigenvalue weighted by molar-refractivity contribution is 6.31. The van der Waals surface area contributed by atoms with Crippen LogP contribution in [-0.4, -0.2) is 23.8 Å². The van der Waals surface area contributed by atoms with E-state index in [4.69, 9.17) is 26.2 Å². The van der Waals surface area contributed by atoms with Crippen LogP contribution in [0.4, 0.5) is 0 Å². The van der Waals surface area contributed by atoms with Gasteiger partial charge in [0, 0.05) is 13.2 Å². The SMILES string of the molecule is COCCc1ccc(Oc2ccc(Cl)c(CO)n2)cc1. The highest BCUT2D eigenvalue weighted by Gasteiger charge is 2.05. The number of aliphatic hydroxyl groups is 1. The summed E-state index contributed by atoms with van der Waals surface area (Å²) in [5.74, 6) is 1.09. The van der Waals surface area contributed by atoms with Gasteiger partial charge in [-0.1, -0.05) is 23.7 Å². The van der Waals surface area contributed by atoms with E-state index >= 15 is 0 Å². The van der Waals surface area contributed by atoms with Crippen molar-refractivity contribution >= 4 is 11.6 Å². The molecule has 0 saturated carbocycles. The van der Waals surface area contributed by atoms with Crippen LogP contribution in [0.2, 0.25) is 5.02 Å². The standard InChI is InChI=1S/C15H16ClNO3/c1-19-9-8-11-2-4-12(5-3-11)20-15-7-6-13(16)14(10-18)17-15/h2-7,18H,8-10H2,1H3. The van der Waals surface area contributed by atoms with Crippen LogP contribution in [-0.2, 0) is 17.8 Å². The molecule has 0 unspecified atom stereocenters. The summed E-state index contributed by atoms with van der Waals surface area (Å²) in [4.78, 5) is 4.13. The quantitative estimate of drug-likeness (QED) is 0.888. The lowest BCUT2D eigenvalue weighted by atomic mass is 10.1. The lowest BCUT2D eigenvalue weighted by Crippen LogP contribution is -1.96. The van der Waals surface area contributed by atoms with Gasteiger partial charge in [-0.25, -0.2) is 4.98 Å². The number of pyridine rings is 1. The number of halogens is 1. The first kappa shape index (κ1) is 14.8. The first-order chi connectivity index (χ1) is 9.72. The maximum Gasteiger partial charge on any atom is 0.219 e. The Kier molecular flexibility index (Phi) is 5.35. The van der Waals surface area contributed by atoms with Crippen molar-refractivity contribution in [3.63, 3.8) is 0 Å². The molecule has 0 aliphatic carbocycles. The van der Waals surface area contributed by atoms with Crippen LogP contribution in [0.15, 0.2) is 36.4 Å². The zero-order valence-corrected chi connectivity index (χ0v) is 11.9. The van der Waals surface area contributed by atoms with Crippen LogP contribution in [0.3, 0.4) is 0 Å². The van der Waals surface area contributed by atoms with E-state index in [0.717, 1.165) is 6.42 Å². The lowest BCUT2D eigenvalue weighted by Gasteiger charge is -2.08. The van der Waals surface area contributed by atoms with Crippen LogP contribution in [0.5, 0.6) is 11.6 Å². The number of hydrogen-bond acceptors (Lipinski definition) is 4. The fourth-order valence-electron chi connectivity index (χ4n) is 1.70. The molecule has 106 valence electrons. The van der Waals surface area contributed by atoms with E-state index in [1.165, 1.54) is 5.56 Å². The summed E-state index contributed by atoms with van der Waals surface area (Å²) >= 11 is 5.88. The molecule has 5 heteroatoms. The Morgan fingerprint density at radius 3 is 2.55 bits per heavy atom. The highest BCUT2D eigenvalue weighted by atomic mass is 35.5. The molecule has 1 heterocycles. The second-order valence-corrected chi connectivity index (χ2v) is 4.63. The maximum absolute atomic E-state index is 9.11. The number of hydrogen-bond donors (Lipinski definition) is 1. The number of aromatic nitrogens is 1. The van der Waals surface area contributed by atoms with E-state index in [1.807, 2.05) is 24.3 Å². The second kappa shape index (κ2) is 7.24. The summed E-state index contributed by atoms with van der Waals surface area (Å²) in [5.41, 5.74) is 1.58. The smallest absolute Gasteiger partial charge is 0.219 e. The van der Waals surface area contributed by atoms with Gasteiger partial charge >= 0.3 is 0 Å². The molecule has 0 bridgehead atoms. The third-order valence-corrected chi connectivity index (χ3v) is 3.13. The minimum Gasteiger partial charge on any atom is -0.439 e. The monoisotopic (exact) mass is 293 g/mol. The Balaban J connectivity index is 2.06. The lowest BCUT2D eigenvalue weighted by molar-refractivity contribution is 0.202. The Bertz CT molecular complexity index is 558. The minimum atomic E-state index is -0.216. The first-order valence-electron chi connectivity index (χ1n) is 6.25. The predicted molar refractivity (Wildman–Crippen MR) is 77.3 cm³/mol. The van der Waals surface area contributed by atoms with Gasteiger partial charge in [0.15, 0.2) is 0 Å². The van der Waals surface area contributed by atoms with Crippen molar-refractivity contribution in [2.75, 3.05) is 13.7 Å². The summed E-state index contributed by atoms with van der Waals surface area (Å²) in [6.07, 6.45) is 0.866. The summed E-state index contributed by atoms with van der Waals surface area (Å²) in [7, 11) is 1.68. The molecular formula is C15H16ClNO3. The van der Waals surface area contributed by atoms with Crippen molar-refractivity contribution in [1.29, 1.82) is 0 Å².